The van der Waals surface area contributed by atoms with Crippen LogP contribution in [0.1, 0.15) is 20.8 Å². The Labute approximate surface area is 84.6 Å². The molecule has 0 aliphatic carbocycles. The van der Waals surface area contributed by atoms with E-state index >= 15 is 0 Å². The van der Waals surface area contributed by atoms with Crippen molar-refractivity contribution in [2.45, 2.75) is 33.4 Å². The van der Waals surface area contributed by atoms with Gasteiger partial charge in [0.05, 0.1) is 0 Å². The summed E-state index contributed by atoms with van der Waals surface area (Å²) in [7, 11) is 0. The quantitative estimate of drug-likeness (QED) is 0.769. The Bertz CT molecular complexity index is 349. The third kappa shape index (κ3) is 2.70. The summed E-state index contributed by atoms with van der Waals surface area (Å²) < 4.78 is 1.65. The fourth-order valence-electron chi connectivity index (χ4n) is 1.10. The lowest BCUT2D eigenvalue weighted by atomic mass is 9.87. The van der Waals surface area contributed by atoms with Gasteiger partial charge in [0.1, 0.15) is 0 Å². The molecule has 78 valence electrons. The molecule has 0 aromatic carbocycles. The van der Waals surface area contributed by atoms with Gasteiger partial charge in [-0.15, -0.1) is 0 Å². The number of nitrogens with zero attached hydrogens (tertiary/aromatic N) is 1. The summed E-state index contributed by atoms with van der Waals surface area (Å²) in [6.45, 7) is 6.80. The van der Waals surface area contributed by atoms with Crippen LogP contribution in [-0.4, -0.2) is 10.6 Å². The fourth-order valence-corrected chi connectivity index (χ4v) is 1.10. The molecule has 1 rings (SSSR count). The van der Waals surface area contributed by atoms with Crippen LogP contribution in [0.4, 0.5) is 0 Å². The number of aromatic nitrogens is 1. The Morgan fingerprint density at radius 1 is 1.43 bits per heavy atom. The molecule has 0 spiro atoms. The maximum Gasteiger partial charge on any atom is 0.250 e. The smallest absolute Gasteiger partial charge is 0.250 e. The first-order valence-electron chi connectivity index (χ1n) is 4.82. The third-order valence-corrected chi connectivity index (χ3v) is 2.40. The van der Waals surface area contributed by atoms with Crippen molar-refractivity contribution < 1.29 is 0 Å². The van der Waals surface area contributed by atoms with E-state index in [2.05, 4.69) is 20.8 Å². The van der Waals surface area contributed by atoms with Crippen molar-refractivity contribution in [1.82, 2.24) is 4.57 Å². The van der Waals surface area contributed by atoms with Crippen LogP contribution in [0.2, 0.25) is 0 Å². The first-order chi connectivity index (χ1) is 6.41. The van der Waals surface area contributed by atoms with E-state index in [0.717, 1.165) is 0 Å². The monoisotopic (exact) mass is 194 g/mol. The lowest BCUT2D eigenvalue weighted by Crippen LogP contribution is -2.41. The van der Waals surface area contributed by atoms with Crippen molar-refractivity contribution in [3.8, 4) is 0 Å². The number of rotatable bonds is 2. The van der Waals surface area contributed by atoms with Gasteiger partial charge in [0, 0.05) is 24.8 Å². The highest BCUT2D eigenvalue weighted by molar-refractivity contribution is 4.94. The standard InChI is InChI=1S/C11H18N2O/c1-11(2,3)9(12)8-13-7-5-4-6-10(13)14/h4-7,9H,8,12H2,1-3H3. The zero-order valence-electron chi connectivity index (χ0n) is 9.03. The highest BCUT2D eigenvalue weighted by Gasteiger charge is 2.20. The highest BCUT2D eigenvalue weighted by Crippen LogP contribution is 2.17. The molecule has 0 amide bonds. The van der Waals surface area contributed by atoms with Gasteiger partial charge in [-0.05, 0) is 11.5 Å². The van der Waals surface area contributed by atoms with E-state index in [-0.39, 0.29) is 17.0 Å². The van der Waals surface area contributed by atoms with Gasteiger partial charge in [-0.1, -0.05) is 26.8 Å². The molecule has 3 nitrogen and oxygen atoms in total. The second-order valence-corrected chi connectivity index (χ2v) is 4.66. The van der Waals surface area contributed by atoms with E-state index in [1.165, 1.54) is 0 Å². The molecule has 0 fully saturated rings. The first kappa shape index (κ1) is 11.0. The molecule has 2 N–H and O–H groups in total. The van der Waals surface area contributed by atoms with E-state index in [0.29, 0.717) is 6.54 Å². The molecule has 0 aliphatic rings. The largest absolute Gasteiger partial charge is 0.326 e. The Morgan fingerprint density at radius 2 is 2.07 bits per heavy atom. The molecule has 1 aromatic heterocycles. The van der Waals surface area contributed by atoms with Gasteiger partial charge in [0.15, 0.2) is 0 Å². The molecular weight excluding hydrogens is 176 g/mol. The van der Waals surface area contributed by atoms with E-state index in [1.807, 2.05) is 6.07 Å². The minimum absolute atomic E-state index is 0.00667. The maximum atomic E-state index is 11.4. The zero-order valence-corrected chi connectivity index (χ0v) is 9.03. The van der Waals surface area contributed by atoms with Crippen molar-refractivity contribution in [2.75, 3.05) is 0 Å². The predicted octanol–water partition coefficient (Wildman–Crippen LogP) is 1.22. The molecule has 0 aliphatic heterocycles. The zero-order chi connectivity index (χ0) is 10.8. The van der Waals surface area contributed by atoms with Crippen LogP contribution in [0, 0.1) is 5.41 Å². The lowest BCUT2D eigenvalue weighted by Gasteiger charge is -2.27. The Kier molecular flexibility index (Phi) is 3.11. The Hall–Kier alpha value is -1.09. The molecule has 0 saturated heterocycles. The van der Waals surface area contributed by atoms with Gasteiger partial charge >= 0.3 is 0 Å². The molecule has 0 radical (unpaired) electrons. The minimum Gasteiger partial charge on any atom is -0.326 e. The molecule has 3 heteroatoms. The van der Waals surface area contributed by atoms with Crippen molar-refractivity contribution in [1.29, 1.82) is 0 Å². The summed E-state index contributed by atoms with van der Waals surface area (Å²) in [5.41, 5.74) is 6.02. The molecule has 1 atom stereocenters. The fraction of sp³-hybridized carbons (Fsp3) is 0.545. The van der Waals surface area contributed by atoms with E-state index in [4.69, 9.17) is 5.73 Å². The van der Waals surface area contributed by atoms with E-state index in [9.17, 15) is 4.79 Å². The summed E-state index contributed by atoms with van der Waals surface area (Å²) in [5.74, 6) is 0. The predicted molar refractivity (Wildman–Crippen MR) is 58.1 cm³/mol. The van der Waals surface area contributed by atoms with Gasteiger partial charge in [-0.3, -0.25) is 4.79 Å². The number of pyridine rings is 1. The number of hydrogen-bond acceptors (Lipinski definition) is 2. The Morgan fingerprint density at radius 3 is 2.57 bits per heavy atom. The highest BCUT2D eigenvalue weighted by atomic mass is 16.1. The second-order valence-electron chi connectivity index (χ2n) is 4.66. The molecule has 1 unspecified atom stereocenters. The van der Waals surface area contributed by atoms with Crippen LogP contribution >= 0.6 is 0 Å². The van der Waals surface area contributed by atoms with Crippen molar-refractivity contribution >= 4 is 0 Å². The topological polar surface area (TPSA) is 48.0 Å². The molecule has 0 saturated carbocycles. The van der Waals surface area contributed by atoms with Gasteiger partial charge < -0.3 is 10.3 Å². The summed E-state index contributed by atoms with van der Waals surface area (Å²) in [6.07, 6.45) is 1.77. The van der Waals surface area contributed by atoms with Gasteiger partial charge in [0.2, 0.25) is 0 Å². The summed E-state index contributed by atoms with van der Waals surface area (Å²) in [5, 5.41) is 0. The SMILES string of the molecule is CC(C)(C)C(N)Cn1ccccc1=O. The molecular formula is C11H18N2O. The lowest BCUT2D eigenvalue weighted by molar-refractivity contribution is 0.289. The average Bonchev–Trinajstić information content (AvgIpc) is 2.07. The van der Waals surface area contributed by atoms with Crippen molar-refractivity contribution in [3.63, 3.8) is 0 Å². The Balaban J connectivity index is 2.80. The van der Waals surface area contributed by atoms with Crippen LogP contribution in [0.5, 0.6) is 0 Å². The number of hydrogen-bond donors (Lipinski definition) is 1. The minimum atomic E-state index is -0.0115. The third-order valence-electron chi connectivity index (χ3n) is 2.40. The van der Waals surface area contributed by atoms with Crippen LogP contribution in [-0.2, 0) is 6.54 Å². The summed E-state index contributed by atoms with van der Waals surface area (Å²) in [4.78, 5) is 11.4. The normalized spacial score (nSPS) is 14.0. The van der Waals surface area contributed by atoms with Crippen molar-refractivity contribution in [2.24, 2.45) is 11.1 Å². The van der Waals surface area contributed by atoms with Gasteiger partial charge in [0.25, 0.3) is 5.56 Å². The van der Waals surface area contributed by atoms with Crippen LogP contribution in [0.25, 0.3) is 0 Å². The molecule has 1 heterocycles. The van der Waals surface area contributed by atoms with Gasteiger partial charge in [-0.2, -0.15) is 0 Å². The molecule has 14 heavy (non-hydrogen) atoms. The summed E-state index contributed by atoms with van der Waals surface area (Å²) in [6, 6.07) is 5.12. The average molecular weight is 194 g/mol. The molecule has 1 aromatic rings. The van der Waals surface area contributed by atoms with Crippen molar-refractivity contribution in [3.05, 3.63) is 34.7 Å². The number of nitrogens with two attached hydrogens (primary N) is 1. The maximum absolute atomic E-state index is 11.4. The van der Waals surface area contributed by atoms with Crippen LogP contribution in [0.3, 0.4) is 0 Å². The summed E-state index contributed by atoms with van der Waals surface area (Å²) >= 11 is 0. The van der Waals surface area contributed by atoms with E-state index < -0.39 is 0 Å². The van der Waals surface area contributed by atoms with Crippen LogP contribution < -0.4 is 11.3 Å². The van der Waals surface area contributed by atoms with Gasteiger partial charge in [-0.25, -0.2) is 0 Å². The molecule has 0 bridgehead atoms. The van der Waals surface area contributed by atoms with Crippen LogP contribution in [0.15, 0.2) is 29.2 Å². The first-order valence-corrected chi connectivity index (χ1v) is 4.82. The second kappa shape index (κ2) is 3.96. The van der Waals surface area contributed by atoms with E-state index in [1.54, 1.807) is 22.9 Å².